The van der Waals surface area contributed by atoms with E-state index in [9.17, 15) is 0 Å². The van der Waals surface area contributed by atoms with E-state index in [0.29, 0.717) is 0 Å². The predicted octanol–water partition coefficient (Wildman–Crippen LogP) is 7.89. The highest BCUT2D eigenvalue weighted by Crippen LogP contribution is 2.37. The van der Waals surface area contributed by atoms with Gasteiger partial charge < -0.3 is 0 Å². The molecular weight excluding hydrogens is 336 g/mol. The monoisotopic (exact) mass is 372 g/mol. The molecular formula is C28H36. The predicted molar refractivity (Wildman–Crippen MR) is 122 cm³/mol. The van der Waals surface area contributed by atoms with Crippen LogP contribution < -0.4 is 0 Å². The molecule has 2 aromatic rings. The molecule has 0 radical (unpaired) electrons. The highest BCUT2D eigenvalue weighted by Gasteiger charge is 2.21. The van der Waals surface area contributed by atoms with Gasteiger partial charge in [-0.3, -0.25) is 0 Å². The topological polar surface area (TPSA) is 0 Å². The second-order valence-corrected chi connectivity index (χ2v) is 8.53. The van der Waals surface area contributed by atoms with Crippen LogP contribution in [0.2, 0.25) is 0 Å². The van der Waals surface area contributed by atoms with Crippen LogP contribution in [0.5, 0.6) is 0 Å². The second kappa shape index (κ2) is 11.1. The summed E-state index contributed by atoms with van der Waals surface area (Å²) in [5.41, 5.74) is 5.16. The van der Waals surface area contributed by atoms with Gasteiger partial charge in [-0.15, -0.1) is 0 Å². The van der Waals surface area contributed by atoms with E-state index in [1.807, 2.05) is 0 Å². The molecule has 0 amide bonds. The number of unbranched alkanes of at least 4 members (excludes halogenated alkanes) is 2. The van der Waals surface area contributed by atoms with Crippen molar-refractivity contribution < 1.29 is 0 Å². The SMILES string of the molecule is CCCCc1ccc(C#Cc2ccc(C3CCC(CCCC)CC3)cc2)cc1. The highest BCUT2D eigenvalue weighted by atomic mass is 14.3. The Morgan fingerprint density at radius 2 is 1.29 bits per heavy atom. The van der Waals surface area contributed by atoms with Gasteiger partial charge in [0.1, 0.15) is 0 Å². The van der Waals surface area contributed by atoms with E-state index in [-0.39, 0.29) is 0 Å². The van der Waals surface area contributed by atoms with E-state index in [0.717, 1.165) is 23.0 Å². The maximum atomic E-state index is 3.33. The number of benzene rings is 2. The van der Waals surface area contributed by atoms with Crippen molar-refractivity contribution in [3.8, 4) is 11.8 Å². The highest BCUT2D eigenvalue weighted by molar-refractivity contribution is 5.44. The molecule has 0 unspecified atom stereocenters. The molecule has 1 aliphatic carbocycles. The zero-order chi connectivity index (χ0) is 19.6. The summed E-state index contributed by atoms with van der Waals surface area (Å²) in [7, 11) is 0. The Morgan fingerprint density at radius 1 is 0.714 bits per heavy atom. The van der Waals surface area contributed by atoms with Gasteiger partial charge >= 0.3 is 0 Å². The third kappa shape index (κ3) is 6.27. The first kappa shape index (κ1) is 20.7. The van der Waals surface area contributed by atoms with E-state index in [2.05, 4.69) is 74.2 Å². The van der Waals surface area contributed by atoms with Crippen LogP contribution in [0.4, 0.5) is 0 Å². The quantitative estimate of drug-likeness (QED) is 0.433. The Morgan fingerprint density at radius 3 is 1.86 bits per heavy atom. The molecule has 0 aromatic heterocycles. The molecule has 2 aromatic carbocycles. The maximum Gasteiger partial charge on any atom is 0.0249 e. The standard InChI is InChI=1S/C28H36/c1-3-5-7-23-9-11-25(12-10-23)13-14-26-17-21-28(22-18-26)27-19-15-24(16-20-27)8-6-4-2/h9-12,17-18,21-22,24,27H,3-8,15-16,19-20H2,1-2H3. The first-order valence-corrected chi connectivity index (χ1v) is 11.5. The first-order valence-electron chi connectivity index (χ1n) is 11.5. The number of aryl methyl sites for hydroxylation is 1. The average molecular weight is 373 g/mol. The van der Waals surface area contributed by atoms with E-state index < -0.39 is 0 Å². The number of hydrogen-bond acceptors (Lipinski definition) is 0. The summed E-state index contributed by atoms with van der Waals surface area (Å²) in [5, 5.41) is 0. The molecule has 0 heterocycles. The Balaban J connectivity index is 1.53. The minimum absolute atomic E-state index is 0.760. The van der Waals surface area contributed by atoms with E-state index in [1.165, 1.54) is 75.3 Å². The Hall–Kier alpha value is -2.00. The molecule has 3 rings (SSSR count). The van der Waals surface area contributed by atoms with Crippen molar-refractivity contribution in [3.63, 3.8) is 0 Å². The van der Waals surface area contributed by atoms with E-state index in [4.69, 9.17) is 0 Å². The van der Waals surface area contributed by atoms with Gasteiger partial charge in [-0.25, -0.2) is 0 Å². The molecule has 1 fully saturated rings. The lowest BCUT2D eigenvalue weighted by atomic mass is 9.77. The molecule has 0 atom stereocenters. The normalized spacial score (nSPS) is 19.1. The molecule has 0 bridgehead atoms. The molecule has 0 aliphatic heterocycles. The summed E-state index contributed by atoms with van der Waals surface area (Å²) in [6, 6.07) is 17.8. The van der Waals surface area contributed by atoms with Gasteiger partial charge in [0.05, 0.1) is 0 Å². The molecule has 0 spiro atoms. The third-order valence-electron chi connectivity index (χ3n) is 6.32. The van der Waals surface area contributed by atoms with Crippen LogP contribution in [0.3, 0.4) is 0 Å². The summed E-state index contributed by atoms with van der Waals surface area (Å²) in [4.78, 5) is 0. The molecule has 0 heteroatoms. The van der Waals surface area contributed by atoms with Gasteiger partial charge in [-0.1, -0.05) is 75.6 Å². The van der Waals surface area contributed by atoms with Crippen LogP contribution in [0.1, 0.15) is 99.8 Å². The molecule has 148 valence electrons. The van der Waals surface area contributed by atoms with Crippen molar-refractivity contribution >= 4 is 0 Å². The van der Waals surface area contributed by atoms with Gasteiger partial charge in [0.2, 0.25) is 0 Å². The summed E-state index contributed by atoms with van der Waals surface area (Å²) >= 11 is 0. The first-order chi connectivity index (χ1) is 13.8. The molecule has 1 saturated carbocycles. The zero-order valence-corrected chi connectivity index (χ0v) is 17.8. The number of hydrogen-bond donors (Lipinski definition) is 0. The maximum absolute atomic E-state index is 3.33. The lowest BCUT2D eigenvalue weighted by Gasteiger charge is -2.28. The van der Waals surface area contributed by atoms with Crippen molar-refractivity contribution in [1.29, 1.82) is 0 Å². The fraction of sp³-hybridized carbons (Fsp3) is 0.500. The van der Waals surface area contributed by atoms with Gasteiger partial charge in [0.15, 0.2) is 0 Å². The van der Waals surface area contributed by atoms with Gasteiger partial charge in [0, 0.05) is 11.1 Å². The van der Waals surface area contributed by atoms with E-state index in [1.54, 1.807) is 0 Å². The molecule has 28 heavy (non-hydrogen) atoms. The van der Waals surface area contributed by atoms with Gasteiger partial charge in [-0.05, 0) is 85.8 Å². The molecule has 1 aliphatic rings. The fourth-order valence-corrected chi connectivity index (χ4v) is 4.40. The fourth-order valence-electron chi connectivity index (χ4n) is 4.40. The second-order valence-electron chi connectivity index (χ2n) is 8.53. The summed E-state index contributed by atoms with van der Waals surface area (Å²) in [5.74, 6) is 8.39. The lowest BCUT2D eigenvalue weighted by Crippen LogP contribution is -2.13. The van der Waals surface area contributed by atoms with Crippen LogP contribution in [-0.2, 0) is 6.42 Å². The van der Waals surface area contributed by atoms with Crippen LogP contribution in [0.25, 0.3) is 0 Å². The minimum Gasteiger partial charge on any atom is -0.0654 e. The van der Waals surface area contributed by atoms with Crippen molar-refractivity contribution in [3.05, 3.63) is 70.8 Å². The summed E-state index contributed by atoms with van der Waals surface area (Å²) in [6.07, 6.45) is 13.4. The van der Waals surface area contributed by atoms with Crippen LogP contribution in [0, 0.1) is 17.8 Å². The van der Waals surface area contributed by atoms with Crippen molar-refractivity contribution in [2.45, 2.75) is 84.0 Å². The Kier molecular flexibility index (Phi) is 8.23. The smallest absolute Gasteiger partial charge is 0.0249 e. The van der Waals surface area contributed by atoms with E-state index >= 15 is 0 Å². The molecule has 0 saturated heterocycles. The summed E-state index contributed by atoms with van der Waals surface area (Å²) < 4.78 is 0. The van der Waals surface area contributed by atoms with Crippen LogP contribution in [0.15, 0.2) is 48.5 Å². The van der Waals surface area contributed by atoms with Gasteiger partial charge in [-0.2, -0.15) is 0 Å². The van der Waals surface area contributed by atoms with Crippen molar-refractivity contribution in [2.24, 2.45) is 5.92 Å². The number of rotatable bonds is 7. The minimum atomic E-state index is 0.760. The average Bonchev–Trinajstić information content (AvgIpc) is 2.76. The lowest BCUT2D eigenvalue weighted by molar-refractivity contribution is 0.304. The molecule has 0 nitrogen and oxygen atoms in total. The summed E-state index contributed by atoms with van der Waals surface area (Å²) in [6.45, 7) is 4.54. The van der Waals surface area contributed by atoms with Gasteiger partial charge in [0.25, 0.3) is 0 Å². The molecule has 0 N–H and O–H groups in total. The zero-order valence-electron chi connectivity index (χ0n) is 17.8. The largest absolute Gasteiger partial charge is 0.0654 e. The van der Waals surface area contributed by atoms with Crippen molar-refractivity contribution in [2.75, 3.05) is 0 Å². The Bertz CT molecular complexity index is 746. The van der Waals surface area contributed by atoms with Crippen LogP contribution >= 0.6 is 0 Å². The Labute approximate surface area is 172 Å². The third-order valence-corrected chi connectivity index (χ3v) is 6.32. The van der Waals surface area contributed by atoms with Crippen molar-refractivity contribution in [1.82, 2.24) is 0 Å². The van der Waals surface area contributed by atoms with Crippen LogP contribution in [-0.4, -0.2) is 0 Å².